The standard InChI is InChI=1S/C16H20N6O3S/c1-11(20-26(23,24)22-8-12(9-22)25-2)4-6-21-10-19-14-7-18-16-13(15(14)21)3-5-17-16/h3,5,7,10,12,20H,1,4,6,8-9H2,2H3,(H,17,18). The molecule has 0 amide bonds. The molecule has 4 heterocycles. The lowest BCUT2D eigenvalue weighted by molar-refractivity contribution is 0.0120. The van der Waals surface area contributed by atoms with Crippen LogP contribution in [0.25, 0.3) is 22.1 Å². The van der Waals surface area contributed by atoms with Gasteiger partial charge >= 0.3 is 10.2 Å². The van der Waals surface area contributed by atoms with E-state index in [1.807, 2.05) is 16.8 Å². The van der Waals surface area contributed by atoms with Crippen molar-refractivity contribution in [3.8, 4) is 0 Å². The van der Waals surface area contributed by atoms with Crippen LogP contribution in [0.15, 0.2) is 37.1 Å². The van der Waals surface area contributed by atoms with Crippen LogP contribution in [0, 0.1) is 0 Å². The van der Waals surface area contributed by atoms with Crippen molar-refractivity contribution in [1.82, 2.24) is 28.5 Å². The number of nitrogens with zero attached hydrogens (tertiary/aromatic N) is 4. The fraction of sp³-hybridized carbons (Fsp3) is 0.375. The van der Waals surface area contributed by atoms with Crippen molar-refractivity contribution >= 4 is 32.3 Å². The molecule has 4 rings (SSSR count). The van der Waals surface area contributed by atoms with Crippen LogP contribution in [0.2, 0.25) is 0 Å². The van der Waals surface area contributed by atoms with E-state index in [0.717, 1.165) is 22.1 Å². The predicted octanol–water partition coefficient (Wildman–Crippen LogP) is 0.981. The maximum Gasteiger partial charge on any atom is 0.301 e. The van der Waals surface area contributed by atoms with Gasteiger partial charge in [-0.1, -0.05) is 6.58 Å². The van der Waals surface area contributed by atoms with Crippen LogP contribution < -0.4 is 4.72 Å². The van der Waals surface area contributed by atoms with Crippen molar-refractivity contribution in [2.75, 3.05) is 20.2 Å². The third kappa shape index (κ3) is 2.96. The SMILES string of the molecule is C=C(CCn1cnc2cnc3[nH]ccc3c21)NS(=O)(=O)N1CC(OC)C1. The van der Waals surface area contributed by atoms with Gasteiger partial charge in [-0.2, -0.15) is 12.7 Å². The Morgan fingerprint density at radius 2 is 2.27 bits per heavy atom. The second kappa shape index (κ2) is 6.38. The fourth-order valence-electron chi connectivity index (χ4n) is 3.04. The average Bonchev–Trinajstić information content (AvgIpc) is 3.17. The molecule has 3 aromatic rings. The Morgan fingerprint density at radius 1 is 1.46 bits per heavy atom. The summed E-state index contributed by atoms with van der Waals surface area (Å²) >= 11 is 0. The number of hydrogen-bond acceptors (Lipinski definition) is 5. The Balaban J connectivity index is 1.43. The number of rotatable bonds is 7. The molecule has 0 atom stereocenters. The minimum absolute atomic E-state index is 0.0328. The molecule has 0 aromatic carbocycles. The summed E-state index contributed by atoms with van der Waals surface area (Å²) in [5.74, 6) is 0. The highest BCUT2D eigenvalue weighted by Gasteiger charge is 2.35. The first-order chi connectivity index (χ1) is 12.5. The van der Waals surface area contributed by atoms with Crippen LogP contribution in [0.3, 0.4) is 0 Å². The molecule has 26 heavy (non-hydrogen) atoms. The summed E-state index contributed by atoms with van der Waals surface area (Å²) in [6.07, 6.45) is 5.72. The van der Waals surface area contributed by atoms with Crippen LogP contribution in [-0.4, -0.2) is 58.5 Å². The molecule has 0 radical (unpaired) electrons. The highest BCUT2D eigenvalue weighted by atomic mass is 32.2. The van der Waals surface area contributed by atoms with E-state index in [1.165, 1.54) is 4.31 Å². The molecule has 1 fully saturated rings. The minimum Gasteiger partial charge on any atom is -0.379 e. The van der Waals surface area contributed by atoms with Crippen LogP contribution in [0.1, 0.15) is 6.42 Å². The van der Waals surface area contributed by atoms with Crippen LogP contribution in [0.4, 0.5) is 0 Å². The lowest BCUT2D eigenvalue weighted by atomic mass is 10.2. The smallest absolute Gasteiger partial charge is 0.301 e. The van der Waals surface area contributed by atoms with E-state index in [-0.39, 0.29) is 6.10 Å². The molecule has 1 saturated heterocycles. The van der Waals surface area contributed by atoms with Gasteiger partial charge in [-0.25, -0.2) is 9.97 Å². The van der Waals surface area contributed by atoms with Crippen LogP contribution >= 0.6 is 0 Å². The van der Waals surface area contributed by atoms with Crippen LogP contribution in [0.5, 0.6) is 0 Å². The monoisotopic (exact) mass is 376 g/mol. The maximum absolute atomic E-state index is 12.3. The van der Waals surface area contributed by atoms with Gasteiger partial charge in [0, 0.05) is 50.4 Å². The van der Waals surface area contributed by atoms with Crippen molar-refractivity contribution < 1.29 is 13.2 Å². The second-order valence-corrected chi connectivity index (χ2v) is 7.98. The lowest BCUT2D eigenvalue weighted by Crippen LogP contribution is -2.57. The van der Waals surface area contributed by atoms with Gasteiger partial charge in [-0.15, -0.1) is 0 Å². The zero-order valence-corrected chi connectivity index (χ0v) is 15.2. The molecular weight excluding hydrogens is 356 g/mol. The van der Waals surface area contributed by atoms with Gasteiger partial charge in [0.05, 0.1) is 24.1 Å². The molecule has 3 aromatic heterocycles. The quantitative estimate of drug-likeness (QED) is 0.640. The number of aromatic amines is 1. The third-order valence-electron chi connectivity index (χ3n) is 4.58. The molecule has 1 aliphatic heterocycles. The number of aryl methyl sites for hydroxylation is 1. The molecule has 0 saturated carbocycles. The van der Waals surface area contributed by atoms with E-state index in [0.29, 0.717) is 31.8 Å². The van der Waals surface area contributed by atoms with Gasteiger partial charge < -0.3 is 14.3 Å². The summed E-state index contributed by atoms with van der Waals surface area (Å²) in [6.45, 7) is 5.14. The Bertz CT molecular complexity index is 1060. The Kier molecular flexibility index (Phi) is 4.17. The van der Waals surface area contributed by atoms with Gasteiger partial charge in [0.1, 0.15) is 11.2 Å². The highest BCUT2D eigenvalue weighted by Crippen LogP contribution is 2.22. The number of allylic oxidation sites excluding steroid dienone is 1. The first-order valence-corrected chi connectivity index (χ1v) is 9.67. The molecule has 1 aliphatic rings. The first-order valence-electron chi connectivity index (χ1n) is 8.23. The highest BCUT2D eigenvalue weighted by molar-refractivity contribution is 7.87. The number of ether oxygens (including phenoxy) is 1. The summed E-state index contributed by atoms with van der Waals surface area (Å²) in [5.41, 5.74) is 3.00. The Morgan fingerprint density at radius 3 is 3.04 bits per heavy atom. The fourth-order valence-corrected chi connectivity index (χ4v) is 4.36. The second-order valence-electron chi connectivity index (χ2n) is 6.31. The first kappa shape index (κ1) is 17.0. The van der Waals surface area contributed by atoms with E-state index in [2.05, 4.69) is 26.3 Å². The number of fused-ring (bicyclic) bond motifs is 3. The van der Waals surface area contributed by atoms with Gasteiger partial charge in [0.2, 0.25) is 0 Å². The van der Waals surface area contributed by atoms with Gasteiger partial charge in [-0.05, 0) is 6.07 Å². The van der Waals surface area contributed by atoms with Crippen molar-refractivity contribution in [1.29, 1.82) is 0 Å². The summed E-state index contributed by atoms with van der Waals surface area (Å²) in [5, 5.41) is 0.984. The Labute approximate surface area is 150 Å². The van der Waals surface area contributed by atoms with Gasteiger partial charge in [0.15, 0.2) is 0 Å². The van der Waals surface area contributed by atoms with Crippen molar-refractivity contribution in [3.63, 3.8) is 0 Å². The zero-order chi connectivity index (χ0) is 18.3. The van der Waals surface area contributed by atoms with Crippen molar-refractivity contribution in [3.05, 3.63) is 37.1 Å². The number of nitrogens with one attached hydrogen (secondary N) is 2. The van der Waals surface area contributed by atoms with E-state index >= 15 is 0 Å². The van der Waals surface area contributed by atoms with Crippen molar-refractivity contribution in [2.24, 2.45) is 0 Å². The maximum atomic E-state index is 12.3. The lowest BCUT2D eigenvalue weighted by Gasteiger charge is -2.36. The minimum atomic E-state index is -3.56. The largest absolute Gasteiger partial charge is 0.379 e. The zero-order valence-electron chi connectivity index (χ0n) is 14.3. The van der Waals surface area contributed by atoms with Gasteiger partial charge in [0.25, 0.3) is 0 Å². The molecule has 9 nitrogen and oxygen atoms in total. The topological polar surface area (TPSA) is 105 Å². The van der Waals surface area contributed by atoms with E-state index in [1.54, 1.807) is 19.6 Å². The van der Waals surface area contributed by atoms with Gasteiger partial charge in [-0.3, -0.25) is 4.72 Å². The average molecular weight is 376 g/mol. The number of hydrogen-bond donors (Lipinski definition) is 2. The molecule has 0 aliphatic carbocycles. The Hall–Kier alpha value is -2.43. The van der Waals surface area contributed by atoms with Crippen molar-refractivity contribution in [2.45, 2.75) is 19.1 Å². The summed E-state index contributed by atoms with van der Waals surface area (Å²) in [6, 6.07) is 1.95. The number of H-pyrrole nitrogens is 1. The molecule has 10 heteroatoms. The number of methoxy groups -OCH3 is 1. The summed E-state index contributed by atoms with van der Waals surface area (Å²) in [4.78, 5) is 11.8. The van der Waals surface area contributed by atoms with E-state index < -0.39 is 10.2 Å². The summed E-state index contributed by atoms with van der Waals surface area (Å²) in [7, 11) is -1.98. The van der Waals surface area contributed by atoms with E-state index in [9.17, 15) is 8.42 Å². The molecule has 138 valence electrons. The predicted molar refractivity (Wildman–Crippen MR) is 97.6 cm³/mol. The molecular formula is C16H20N6O3S. The number of imidazole rings is 1. The molecule has 2 N–H and O–H groups in total. The molecule has 0 spiro atoms. The third-order valence-corrected chi connectivity index (χ3v) is 6.10. The molecule has 0 bridgehead atoms. The normalized spacial score (nSPS) is 16.2. The molecule has 0 unspecified atom stereocenters. The number of pyridine rings is 1. The van der Waals surface area contributed by atoms with E-state index in [4.69, 9.17) is 4.74 Å². The van der Waals surface area contributed by atoms with Crippen LogP contribution in [-0.2, 0) is 21.5 Å². The summed E-state index contributed by atoms with van der Waals surface area (Å²) < 4.78 is 35.5. The number of aromatic nitrogens is 4.